The van der Waals surface area contributed by atoms with Crippen LogP contribution in [0.2, 0.25) is 0 Å². The van der Waals surface area contributed by atoms with Crippen molar-refractivity contribution in [3.63, 3.8) is 0 Å². The van der Waals surface area contributed by atoms with Crippen LogP contribution in [0.25, 0.3) is 0 Å². The summed E-state index contributed by atoms with van der Waals surface area (Å²) in [5, 5.41) is 6.40. The number of anilines is 2. The molecule has 1 aromatic rings. The molecule has 0 spiro atoms. The SMILES string of the molecule is CNc1nccc(NC(C)(C)CC(C)(C)C)n1. The molecule has 17 heavy (non-hydrogen) atoms. The predicted molar refractivity (Wildman–Crippen MR) is 73.4 cm³/mol. The second-order valence-electron chi connectivity index (χ2n) is 6.26. The molecule has 0 atom stereocenters. The van der Waals surface area contributed by atoms with Crippen LogP contribution in [0.1, 0.15) is 41.0 Å². The maximum atomic E-state index is 4.37. The summed E-state index contributed by atoms with van der Waals surface area (Å²) in [5.74, 6) is 1.50. The van der Waals surface area contributed by atoms with E-state index in [1.54, 1.807) is 6.20 Å². The van der Waals surface area contributed by atoms with Gasteiger partial charge >= 0.3 is 0 Å². The zero-order chi connectivity index (χ0) is 13.1. The zero-order valence-corrected chi connectivity index (χ0v) is 11.8. The minimum absolute atomic E-state index is 0.0115. The monoisotopic (exact) mass is 236 g/mol. The molecule has 4 nitrogen and oxygen atoms in total. The van der Waals surface area contributed by atoms with Gasteiger partial charge in [-0.2, -0.15) is 4.98 Å². The topological polar surface area (TPSA) is 49.8 Å². The van der Waals surface area contributed by atoms with Gasteiger partial charge in [0, 0.05) is 18.8 Å². The van der Waals surface area contributed by atoms with Crippen LogP contribution in [-0.2, 0) is 0 Å². The lowest BCUT2D eigenvalue weighted by Gasteiger charge is -2.33. The number of rotatable bonds is 4. The summed E-state index contributed by atoms with van der Waals surface area (Å²) in [7, 11) is 1.82. The van der Waals surface area contributed by atoms with Crippen LogP contribution in [0.5, 0.6) is 0 Å². The normalized spacial score (nSPS) is 12.4. The Morgan fingerprint density at radius 2 is 1.82 bits per heavy atom. The third-order valence-corrected chi connectivity index (χ3v) is 2.32. The van der Waals surface area contributed by atoms with Gasteiger partial charge in [-0.05, 0) is 31.7 Å². The molecule has 0 unspecified atom stereocenters. The van der Waals surface area contributed by atoms with E-state index in [-0.39, 0.29) is 11.0 Å². The molecule has 1 aromatic heterocycles. The van der Waals surface area contributed by atoms with Crippen molar-refractivity contribution in [3.8, 4) is 0 Å². The molecule has 96 valence electrons. The fourth-order valence-corrected chi connectivity index (χ4v) is 2.27. The van der Waals surface area contributed by atoms with E-state index in [0.29, 0.717) is 5.95 Å². The van der Waals surface area contributed by atoms with Crippen LogP contribution >= 0.6 is 0 Å². The second-order valence-corrected chi connectivity index (χ2v) is 6.26. The first-order valence-corrected chi connectivity index (χ1v) is 6.01. The third-order valence-electron chi connectivity index (χ3n) is 2.32. The van der Waals surface area contributed by atoms with Crippen molar-refractivity contribution in [2.75, 3.05) is 17.7 Å². The largest absolute Gasteiger partial charge is 0.365 e. The molecule has 0 saturated heterocycles. The van der Waals surface area contributed by atoms with E-state index in [1.807, 2.05) is 13.1 Å². The predicted octanol–water partition coefficient (Wildman–Crippen LogP) is 3.15. The van der Waals surface area contributed by atoms with Crippen LogP contribution in [0, 0.1) is 5.41 Å². The molecule has 2 N–H and O–H groups in total. The lowest BCUT2D eigenvalue weighted by atomic mass is 9.82. The Morgan fingerprint density at radius 3 is 2.35 bits per heavy atom. The highest BCUT2D eigenvalue weighted by atomic mass is 15.1. The minimum Gasteiger partial charge on any atom is -0.365 e. The first-order valence-electron chi connectivity index (χ1n) is 6.01. The smallest absolute Gasteiger partial charge is 0.224 e. The molecule has 0 bridgehead atoms. The molecule has 0 radical (unpaired) electrons. The van der Waals surface area contributed by atoms with Crippen LogP contribution in [-0.4, -0.2) is 22.6 Å². The molecule has 0 amide bonds. The van der Waals surface area contributed by atoms with Gasteiger partial charge < -0.3 is 10.6 Å². The van der Waals surface area contributed by atoms with E-state index in [1.165, 1.54) is 0 Å². The highest BCUT2D eigenvalue weighted by molar-refractivity contribution is 5.41. The van der Waals surface area contributed by atoms with E-state index >= 15 is 0 Å². The van der Waals surface area contributed by atoms with Crippen LogP contribution in [0.3, 0.4) is 0 Å². The van der Waals surface area contributed by atoms with Gasteiger partial charge in [0.05, 0.1) is 0 Å². The Hall–Kier alpha value is -1.32. The first kappa shape index (κ1) is 13.7. The maximum Gasteiger partial charge on any atom is 0.224 e. The molecule has 4 heteroatoms. The molecule has 1 heterocycles. The lowest BCUT2D eigenvalue weighted by molar-refractivity contribution is 0.302. The van der Waals surface area contributed by atoms with Crippen molar-refractivity contribution in [2.24, 2.45) is 5.41 Å². The zero-order valence-electron chi connectivity index (χ0n) is 11.8. The van der Waals surface area contributed by atoms with Crippen molar-refractivity contribution in [1.29, 1.82) is 0 Å². The van der Waals surface area contributed by atoms with Crippen LogP contribution in [0.15, 0.2) is 12.3 Å². The number of aromatic nitrogens is 2. The van der Waals surface area contributed by atoms with Gasteiger partial charge in [-0.15, -0.1) is 0 Å². The van der Waals surface area contributed by atoms with Gasteiger partial charge in [0.2, 0.25) is 5.95 Å². The highest BCUT2D eigenvalue weighted by Crippen LogP contribution is 2.29. The van der Waals surface area contributed by atoms with Crippen molar-refractivity contribution < 1.29 is 0 Å². The molecule has 0 aliphatic carbocycles. The molecule has 0 saturated carbocycles. The average molecular weight is 236 g/mol. The van der Waals surface area contributed by atoms with Gasteiger partial charge in [0.25, 0.3) is 0 Å². The van der Waals surface area contributed by atoms with Gasteiger partial charge in [-0.1, -0.05) is 20.8 Å². The lowest BCUT2D eigenvalue weighted by Crippen LogP contribution is -2.35. The van der Waals surface area contributed by atoms with Gasteiger partial charge in [-0.3, -0.25) is 0 Å². The Balaban J connectivity index is 2.75. The molecular formula is C13H24N4. The number of nitrogens with zero attached hydrogens (tertiary/aromatic N) is 2. The summed E-state index contributed by atoms with van der Waals surface area (Å²) < 4.78 is 0. The van der Waals surface area contributed by atoms with Gasteiger partial charge in [0.15, 0.2) is 0 Å². The second kappa shape index (κ2) is 4.90. The summed E-state index contributed by atoms with van der Waals surface area (Å²) in [6.45, 7) is 11.1. The van der Waals surface area contributed by atoms with Crippen molar-refractivity contribution in [3.05, 3.63) is 12.3 Å². The first-order chi connectivity index (χ1) is 7.72. The summed E-state index contributed by atoms with van der Waals surface area (Å²) in [6, 6.07) is 1.89. The Bertz CT molecular complexity index is 366. The van der Waals surface area contributed by atoms with Crippen molar-refractivity contribution in [2.45, 2.75) is 46.6 Å². The standard InChI is InChI=1S/C13H24N4/c1-12(2,3)9-13(4,5)17-10-7-8-15-11(14-6)16-10/h7-8H,9H2,1-6H3,(H2,14,15,16,17). The van der Waals surface area contributed by atoms with Crippen LogP contribution in [0.4, 0.5) is 11.8 Å². The fraction of sp³-hybridized carbons (Fsp3) is 0.692. The van der Waals surface area contributed by atoms with Gasteiger partial charge in [-0.25, -0.2) is 4.98 Å². The molecule has 0 aromatic carbocycles. The maximum absolute atomic E-state index is 4.37. The molecule has 0 fully saturated rings. The quantitative estimate of drug-likeness (QED) is 0.843. The summed E-state index contributed by atoms with van der Waals surface area (Å²) >= 11 is 0. The number of hydrogen-bond acceptors (Lipinski definition) is 4. The Morgan fingerprint density at radius 1 is 1.18 bits per heavy atom. The third kappa shape index (κ3) is 5.02. The van der Waals surface area contributed by atoms with E-state index in [9.17, 15) is 0 Å². The number of nitrogens with one attached hydrogen (secondary N) is 2. The Labute approximate surface area is 104 Å². The molecular weight excluding hydrogens is 212 g/mol. The van der Waals surface area contributed by atoms with E-state index in [2.05, 4.69) is 55.2 Å². The van der Waals surface area contributed by atoms with Crippen molar-refractivity contribution >= 4 is 11.8 Å². The van der Waals surface area contributed by atoms with E-state index in [4.69, 9.17) is 0 Å². The highest BCUT2D eigenvalue weighted by Gasteiger charge is 2.25. The van der Waals surface area contributed by atoms with Gasteiger partial charge in [0.1, 0.15) is 5.82 Å². The van der Waals surface area contributed by atoms with E-state index < -0.39 is 0 Å². The summed E-state index contributed by atoms with van der Waals surface area (Å²) in [5.41, 5.74) is 0.299. The van der Waals surface area contributed by atoms with E-state index in [0.717, 1.165) is 12.2 Å². The summed E-state index contributed by atoms with van der Waals surface area (Å²) in [4.78, 5) is 8.47. The number of hydrogen-bond donors (Lipinski definition) is 2. The fourth-order valence-electron chi connectivity index (χ4n) is 2.27. The molecule has 0 aliphatic rings. The molecule has 0 aliphatic heterocycles. The minimum atomic E-state index is 0.0115. The average Bonchev–Trinajstić information content (AvgIpc) is 2.13. The van der Waals surface area contributed by atoms with Crippen molar-refractivity contribution in [1.82, 2.24) is 9.97 Å². The Kier molecular flexibility index (Phi) is 3.96. The van der Waals surface area contributed by atoms with Crippen LogP contribution < -0.4 is 10.6 Å². The molecule has 1 rings (SSSR count). The summed E-state index contributed by atoms with van der Waals surface area (Å²) in [6.07, 6.45) is 2.83.